The van der Waals surface area contributed by atoms with E-state index in [0.717, 1.165) is 57.8 Å². The Morgan fingerprint density at radius 2 is 1.88 bits per heavy atom. The van der Waals surface area contributed by atoms with E-state index in [2.05, 4.69) is 44.9 Å². The van der Waals surface area contributed by atoms with Gasteiger partial charge < -0.3 is 24.2 Å². The number of hydrogen-bond donors (Lipinski definition) is 1. The first-order valence-electron chi connectivity index (χ1n) is 17.4. The van der Waals surface area contributed by atoms with Gasteiger partial charge in [-0.3, -0.25) is 9.58 Å². The van der Waals surface area contributed by atoms with Crippen molar-refractivity contribution in [2.75, 3.05) is 46.4 Å². The average molecular weight is 744 g/mol. The number of likely N-dealkylation sites (N-methyl/N-ethyl adjacent to an activating group) is 1. The smallest absolute Gasteiger partial charge is 0.345 e. The molecule has 1 N–H and O–H groups in total. The largest absolute Gasteiger partial charge is 0.491 e. The minimum Gasteiger partial charge on any atom is -0.491 e. The molecule has 0 spiro atoms. The zero-order valence-corrected chi connectivity index (χ0v) is 31.1. The summed E-state index contributed by atoms with van der Waals surface area (Å²) in [5.41, 5.74) is 3.52. The maximum absolute atomic E-state index is 12.7. The number of carbonyl (C=O) groups is 1. The number of nitriles is 1. The molecule has 1 fully saturated rings. The number of carboxylic acids is 1. The van der Waals surface area contributed by atoms with Crippen molar-refractivity contribution >= 4 is 39.1 Å². The van der Waals surface area contributed by atoms with E-state index < -0.39 is 12.1 Å². The van der Waals surface area contributed by atoms with E-state index in [1.807, 2.05) is 48.0 Å². The van der Waals surface area contributed by atoms with E-state index in [-0.39, 0.29) is 18.9 Å². The number of aromatic nitrogens is 4. The number of ether oxygens (including phenoxy) is 3. The molecule has 5 aromatic rings. The molecule has 4 heterocycles. The van der Waals surface area contributed by atoms with Crippen molar-refractivity contribution in [1.82, 2.24) is 29.5 Å². The van der Waals surface area contributed by atoms with Gasteiger partial charge in [0, 0.05) is 57.4 Å². The second kappa shape index (κ2) is 17.2. The summed E-state index contributed by atoms with van der Waals surface area (Å²) in [6.45, 7) is 10.4. The highest BCUT2D eigenvalue weighted by atomic mass is 35.5. The Kier molecular flexibility index (Phi) is 12.2. The molecule has 0 bridgehead atoms. The van der Waals surface area contributed by atoms with Crippen LogP contribution in [0.3, 0.4) is 0 Å². The number of fused-ring (bicyclic) bond motifs is 1. The molecule has 0 radical (unpaired) electrons. The second-order valence-corrected chi connectivity index (χ2v) is 14.1. The summed E-state index contributed by atoms with van der Waals surface area (Å²) in [6, 6.07) is 15.2. The van der Waals surface area contributed by atoms with Crippen LogP contribution in [0.5, 0.6) is 17.4 Å². The average Bonchev–Trinajstić information content (AvgIpc) is 3.77. The summed E-state index contributed by atoms with van der Waals surface area (Å²) in [5, 5.41) is 25.9. The fourth-order valence-electron chi connectivity index (χ4n) is 6.20. The highest BCUT2D eigenvalue weighted by molar-refractivity contribution is 7.19. The van der Waals surface area contributed by atoms with Crippen LogP contribution in [0.4, 0.5) is 0 Å². The standard InChI is InChI=1S/C38H42ClN7O5S/c1-4-5-14-46-27(12-13-43-46)23-50-29-9-7-6-8-26(29)21-31(38(47)48)51-36-34-33(32(22-40)52-37(34)42-24-41-36)28-10-11-30(35(39)25(28)2)49-20-19-45-17-15-44(3)16-18-45/h6-13,24,31H,4-5,14-21,23H2,1-3H3,(H,47,48). The van der Waals surface area contributed by atoms with Gasteiger partial charge in [0.15, 0.2) is 0 Å². The Morgan fingerprint density at radius 3 is 2.65 bits per heavy atom. The molecule has 0 saturated carbocycles. The number of aliphatic carboxylic acids is 1. The van der Waals surface area contributed by atoms with E-state index in [1.54, 1.807) is 12.3 Å². The van der Waals surface area contributed by atoms with Crippen molar-refractivity contribution in [3.05, 3.63) is 81.7 Å². The summed E-state index contributed by atoms with van der Waals surface area (Å²) in [4.78, 5) is 27.1. The molecule has 0 amide bonds. The maximum Gasteiger partial charge on any atom is 0.345 e. The first-order valence-corrected chi connectivity index (χ1v) is 18.6. The van der Waals surface area contributed by atoms with Gasteiger partial charge in [-0.15, -0.1) is 11.3 Å². The van der Waals surface area contributed by atoms with Crippen LogP contribution in [0.2, 0.25) is 5.02 Å². The Hall–Kier alpha value is -4.74. The molecule has 2 aromatic carbocycles. The number of hydrogen-bond acceptors (Lipinski definition) is 11. The lowest BCUT2D eigenvalue weighted by Gasteiger charge is -2.32. The van der Waals surface area contributed by atoms with Crippen LogP contribution in [-0.2, 0) is 24.4 Å². The monoisotopic (exact) mass is 743 g/mol. The minimum absolute atomic E-state index is 0.00168. The molecule has 1 unspecified atom stereocenters. The van der Waals surface area contributed by atoms with Crippen molar-refractivity contribution in [2.24, 2.45) is 0 Å². The molecule has 14 heteroatoms. The van der Waals surface area contributed by atoms with Crippen LogP contribution in [0.1, 0.15) is 41.5 Å². The van der Waals surface area contributed by atoms with Crippen molar-refractivity contribution in [3.63, 3.8) is 0 Å². The van der Waals surface area contributed by atoms with Crippen molar-refractivity contribution < 1.29 is 24.1 Å². The third-order valence-electron chi connectivity index (χ3n) is 9.25. The number of piperazine rings is 1. The summed E-state index contributed by atoms with van der Waals surface area (Å²) in [6.07, 6.45) is 3.80. The predicted molar refractivity (Wildman–Crippen MR) is 200 cm³/mol. The molecule has 3 aromatic heterocycles. The Bertz CT molecular complexity index is 2050. The van der Waals surface area contributed by atoms with Crippen molar-refractivity contribution in [1.29, 1.82) is 5.26 Å². The topological polar surface area (TPSA) is 139 Å². The Balaban J connectivity index is 1.24. The maximum atomic E-state index is 12.7. The van der Waals surface area contributed by atoms with E-state index in [1.165, 1.54) is 17.7 Å². The van der Waals surface area contributed by atoms with E-state index in [0.29, 0.717) is 60.5 Å². The van der Waals surface area contributed by atoms with Gasteiger partial charge in [-0.1, -0.05) is 49.2 Å². The third-order valence-corrected chi connectivity index (χ3v) is 10.7. The summed E-state index contributed by atoms with van der Waals surface area (Å²) >= 11 is 8.07. The normalized spacial score (nSPS) is 14.3. The molecule has 0 aliphatic carbocycles. The quantitative estimate of drug-likeness (QED) is 0.119. The first-order chi connectivity index (χ1) is 25.3. The molecule has 52 heavy (non-hydrogen) atoms. The number of unbranched alkanes of at least 4 members (excludes halogenated alkanes) is 1. The van der Waals surface area contributed by atoms with Gasteiger partial charge >= 0.3 is 5.97 Å². The molecule has 1 saturated heterocycles. The highest BCUT2D eigenvalue weighted by Gasteiger charge is 2.28. The number of rotatable bonds is 16. The van der Waals surface area contributed by atoms with Gasteiger partial charge in [0.25, 0.3) is 0 Å². The number of carboxylic acid groups (broad SMARTS) is 1. The van der Waals surface area contributed by atoms with Crippen LogP contribution in [-0.4, -0.2) is 93.1 Å². The van der Waals surface area contributed by atoms with Gasteiger partial charge in [0.05, 0.1) is 16.1 Å². The van der Waals surface area contributed by atoms with E-state index in [4.69, 9.17) is 25.8 Å². The molecule has 12 nitrogen and oxygen atoms in total. The van der Waals surface area contributed by atoms with E-state index in [9.17, 15) is 15.2 Å². The molecule has 1 aliphatic rings. The molecule has 1 atom stereocenters. The first kappa shape index (κ1) is 37.0. The van der Waals surface area contributed by atoms with Gasteiger partial charge in [0.1, 0.15) is 46.8 Å². The zero-order chi connectivity index (χ0) is 36.6. The van der Waals surface area contributed by atoms with Crippen LogP contribution >= 0.6 is 22.9 Å². The van der Waals surface area contributed by atoms with Crippen molar-refractivity contribution in [3.8, 4) is 34.6 Å². The number of thiophene rings is 1. The number of benzene rings is 2. The van der Waals surface area contributed by atoms with Gasteiger partial charge in [-0.25, -0.2) is 14.8 Å². The number of para-hydroxylation sites is 1. The second-order valence-electron chi connectivity index (χ2n) is 12.8. The lowest BCUT2D eigenvalue weighted by Crippen LogP contribution is -2.45. The van der Waals surface area contributed by atoms with Crippen LogP contribution in [0.25, 0.3) is 21.3 Å². The molecule has 6 rings (SSSR count). The summed E-state index contributed by atoms with van der Waals surface area (Å²) in [7, 11) is 2.13. The summed E-state index contributed by atoms with van der Waals surface area (Å²) < 4.78 is 20.4. The number of halogens is 1. The van der Waals surface area contributed by atoms with Crippen LogP contribution < -0.4 is 14.2 Å². The predicted octanol–water partition coefficient (Wildman–Crippen LogP) is 6.47. The SMILES string of the molecule is CCCCn1nccc1COc1ccccc1CC(Oc1ncnc2sc(C#N)c(-c3ccc(OCCN4CCN(C)CC4)c(Cl)c3C)c12)C(=O)O. The highest BCUT2D eigenvalue weighted by Crippen LogP contribution is 2.45. The fourth-order valence-corrected chi connectivity index (χ4v) is 7.36. The molecule has 272 valence electrons. The third kappa shape index (κ3) is 8.48. The van der Waals surface area contributed by atoms with Gasteiger partial charge in [-0.05, 0) is 55.3 Å². The Morgan fingerprint density at radius 1 is 1.08 bits per heavy atom. The fraction of sp³-hybridized carbons (Fsp3) is 0.395. The number of aryl methyl sites for hydroxylation is 1. The summed E-state index contributed by atoms with van der Waals surface area (Å²) in [5.74, 6) is -0.00670. The zero-order valence-electron chi connectivity index (χ0n) is 29.5. The molecule has 1 aliphatic heterocycles. The minimum atomic E-state index is -1.32. The molecular formula is C38H42ClN7O5S. The van der Waals surface area contributed by atoms with Crippen LogP contribution in [0.15, 0.2) is 55.0 Å². The lowest BCUT2D eigenvalue weighted by molar-refractivity contribution is -0.145. The van der Waals surface area contributed by atoms with Gasteiger partial charge in [-0.2, -0.15) is 10.4 Å². The number of nitrogens with zero attached hydrogens (tertiary/aromatic N) is 7. The lowest BCUT2D eigenvalue weighted by atomic mass is 9.98. The van der Waals surface area contributed by atoms with Crippen LogP contribution in [0, 0.1) is 18.3 Å². The Labute approximate surface area is 312 Å². The van der Waals surface area contributed by atoms with Crippen molar-refractivity contribution in [2.45, 2.75) is 52.4 Å². The van der Waals surface area contributed by atoms with Gasteiger partial charge in [0.2, 0.25) is 12.0 Å². The van der Waals surface area contributed by atoms with E-state index >= 15 is 0 Å². The molecular weight excluding hydrogens is 702 g/mol.